The Hall–Kier alpha value is 0.500. The topological polar surface area (TPSA) is 33.7 Å². The third-order valence-corrected chi connectivity index (χ3v) is 5.83. The maximum absolute atomic E-state index is 4.63. The fourth-order valence-corrected chi connectivity index (χ4v) is 4.14. The molecule has 0 saturated carbocycles. The Balaban J connectivity index is 1.93. The molecule has 0 amide bonds. The van der Waals surface area contributed by atoms with Gasteiger partial charge in [-0.15, -0.1) is 4.68 Å². The lowest BCUT2D eigenvalue weighted by atomic mass is 10.4. The van der Waals surface area contributed by atoms with E-state index < -0.39 is 0 Å². The summed E-state index contributed by atoms with van der Waals surface area (Å²) in [5.74, 6) is 1.19. The van der Waals surface area contributed by atoms with Gasteiger partial charge in [0.25, 0.3) is 0 Å². The monoisotopic (exact) mass is 401 g/mol. The standard InChI is InChI=1S/C8H10BrIN4S/c9-1-6-4-13-7-11-2-5(10)3-14(7)12-8(13)15-6/h5-6H,1-4H2/p+1. The average molecular weight is 402 g/mol. The molecule has 2 unspecified atom stereocenters. The summed E-state index contributed by atoms with van der Waals surface area (Å²) in [5, 5.41) is 10.9. The fraction of sp³-hybridized carbons (Fsp3) is 0.750. The van der Waals surface area contributed by atoms with Crippen LogP contribution in [-0.4, -0.2) is 30.8 Å². The predicted molar refractivity (Wildman–Crippen MR) is 72.2 cm³/mol. The van der Waals surface area contributed by atoms with Gasteiger partial charge in [-0.3, -0.25) is 5.32 Å². The highest BCUT2D eigenvalue weighted by molar-refractivity contribution is 14.1. The zero-order chi connectivity index (χ0) is 10.4. The summed E-state index contributed by atoms with van der Waals surface area (Å²) < 4.78 is 5.06. The minimum Gasteiger partial charge on any atom is -0.294 e. The first-order valence-corrected chi connectivity index (χ1v) is 8.14. The minimum atomic E-state index is 0.637. The van der Waals surface area contributed by atoms with E-state index in [0.29, 0.717) is 9.17 Å². The van der Waals surface area contributed by atoms with Crippen molar-refractivity contribution in [1.82, 2.24) is 9.78 Å². The zero-order valence-electron chi connectivity index (χ0n) is 7.99. The number of anilines is 1. The van der Waals surface area contributed by atoms with Gasteiger partial charge in [0.15, 0.2) is 0 Å². The first-order valence-electron chi connectivity index (χ1n) is 4.89. The maximum atomic E-state index is 4.63. The summed E-state index contributed by atoms with van der Waals surface area (Å²) in [4.78, 5) is 0. The molecule has 2 aliphatic heterocycles. The molecule has 0 spiro atoms. The van der Waals surface area contributed by atoms with Gasteiger partial charge in [-0.05, 0) is 0 Å². The number of nitrogens with zero attached hydrogens (tertiary/aromatic N) is 3. The molecule has 3 rings (SSSR count). The van der Waals surface area contributed by atoms with Crippen LogP contribution in [0.5, 0.6) is 0 Å². The molecule has 1 N–H and O–H groups in total. The summed E-state index contributed by atoms with van der Waals surface area (Å²) in [6, 6.07) is 0. The molecule has 4 nitrogen and oxygen atoms in total. The molecule has 3 heterocycles. The van der Waals surface area contributed by atoms with Crippen molar-refractivity contribution < 1.29 is 4.57 Å². The molecule has 1 aromatic rings. The largest absolute Gasteiger partial charge is 0.345 e. The van der Waals surface area contributed by atoms with Crippen molar-refractivity contribution in [2.45, 2.75) is 27.4 Å². The number of hydrogen-bond donors (Lipinski definition) is 1. The summed E-state index contributed by atoms with van der Waals surface area (Å²) in [6.07, 6.45) is 0. The van der Waals surface area contributed by atoms with E-state index >= 15 is 0 Å². The van der Waals surface area contributed by atoms with Gasteiger partial charge in [0, 0.05) is 10.4 Å². The van der Waals surface area contributed by atoms with Gasteiger partial charge >= 0.3 is 11.1 Å². The zero-order valence-corrected chi connectivity index (χ0v) is 12.5. The molecule has 0 aromatic carbocycles. The Labute approximate surface area is 114 Å². The quantitative estimate of drug-likeness (QED) is 0.437. The number of nitrogens with one attached hydrogen (secondary N) is 1. The van der Waals surface area contributed by atoms with Crippen molar-refractivity contribution in [3.63, 3.8) is 0 Å². The Bertz CT molecular complexity index is 396. The van der Waals surface area contributed by atoms with Crippen LogP contribution in [0.4, 0.5) is 5.95 Å². The summed E-state index contributed by atoms with van der Waals surface area (Å²) >= 11 is 7.88. The van der Waals surface area contributed by atoms with Crippen LogP contribution in [0.15, 0.2) is 5.16 Å². The van der Waals surface area contributed by atoms with Gasteiger partial charge in [-0.25, -0.2) is 4.57 Å². The summed E-state index contributed by atoms with van der Waals surface area (Å²) in [5.41, 5.74) is 0. The van der Waals surface area contributed by atoms with Crippen LogP contribution in [0.1, 0.15) is 0 Å². The van der Waals surface area contributed by atoms with E-state index in [1.54, 1.807) is 0 Å². The molecule has 82 valence electrons. The summed E-state index contributed by atoms with van der Waals surface area (Å²) in [7, 11) is 0. The second kappa shape index (κ2) is 4.06. The molecule has 7 heteroatoms. The van der Waals surface area contributed by atoms with Crippen LogP contribution in [0, 0.1) is 0 Å². The third-order valence-electron chi connectivity index (χ3n) is 2.62. The summed E-state index contributed by atoms with van der Waals surface area (Å²) in [6.45, 7) is 3.15. The number of halogens is 2. The molecule has 0 aliphatic carbocycles. The Morgan fingerprint density at radius 2 is 2.60 bits per heavy atom. The first-order chi connectivity index (χ1) is 7.28. The molecular formula is C8H11BrIN4S+. The minimum absolute atomic E-state index is 0.637. The van der Waals surface area contributed by atoms with Gasteiger partial charge in [0.1, 0.15) is 6.54 Å². The van der Waals surface area contributed by atoms with Crippen molar-refractivity contribution in [1.29, 1.82) is 0 Å². The number of alkyl halides is 2. The molecule has 1 aromatic heterocycles. The number of hydrogen-bond acceptors (Lipinski definition) is 3. The van der Waals surface area contributed by atoms with Crippen molar-refractivity contribution in [2.75, 3.05) is 17.2 Å². The van der Waals surface area contributed by atoms with Crippen molar-refractivity contribution in [2.24, 2.45) is 0 Å². The van der Waals surface area contributed by atoms with Gasteiger partial charge < -0.3 is 0 Å². The lowest BCUT2D eigenvalue weighted by Gasteiger charge is -2.14. The van der Waals surface area contributed by atoms with Crippen molar-refractivity contribution >= 4 is 56.2 Å². The van der Waals surface area contributed by atoms with Crippen molar-refractivity contribution in [3.05, 3.63) is 0 Å². The third kappa shape index (κ3) is 1.80. The lowest BCUT2D eigenvalue weighted by Crippen LogP contribution is -2.41. The van der Waals surface area contributed by atoms with Gasteiger partial charge in [0.2, 0.25) is 0 Å². The molecule has 0 fully saturated rings. The van der Waals surface area contributed by atoms with Gasteiger partial charge in [0.05, 0.1) is 22.3 Å². The Kier molecular flexibility index (Phi) is 2.88. The van der Waals surface area contributed by atoms with Crippen LogP contribution in [0.2, 0.25) is 0 Å². The van der Waals surface area contributed by atoms with Crippen LogP contribution < -0.4 is 9.88 Å². The van der Waals surface area contributed by atoms with E-state index in [1.807, 2.05) is 11.8 Å². The van der Waals surface area contributed by atoms with Crippen LogP contribution in [-0.2, 0) is 13.1 Å². The second-order valence-electron chi connectivity index (χ2n) is 3.77. The molecule has 2 atom stereocenters. The predicted octanol–water partition coefficient (Wildman–Crippen LogP) is 1.27. The van der Waals surface area contributed by atoms with E-state index in [0.717, 1.165) is 30.1 Å². The van der Waals surface area contributed by atoms with E-state index in [2.05, 4.69) is 58.2 Å². The highest BCUT2D eigenvalue weighted by Gasteiger charge is 2.36. The molecule has 0 radical (unpaired) electrons. The number of fused-ring (bicyclic) bond motifs is 3. The van der Waals surface area contributed by atoms with Crippen LogP contribution >= 0.6 is 50.3 Å². The molecular weight excluding hydrogens is 391 g/mol. The molecule has 0 saturated heterocycles. The molecule has 0 bridgehead atoms. The fourth-order valence-electron chi connectivity index (χ4n) is 1.92. The van der Waals surface area contributed by atoms with E-state index in [1.165, 1.54) is 5.95 Å². The van der Waals surface area contributed by atoms with Crippen LogP contribution in [0.25, 0.3) is 0 Å². The number of thioether (sulfide) groups is 1. The number of rotatable bonds is 1. The SMILES string of the molecule is BrCC1C[n+]2c(nn3c2NCC(I)C3)S1. The highest BCUT2D eigenvalue weighted by atomic mass is 127. The van der Waals surface area contributed by atoms with Crippen LogP contribution in [0.3, 0.4) is 0 Å². The average Bonchev–Trinajstić information content (AvgIpc) is 2.73. The van der Waals surface area contributed by atoms with Gasteiger partial charge in [-0.1, -0.05) is 50.3 Å². The second-order valence-corrected chi connectivity index (χ2v) is 7.45. The molecule has 2 aliphatic rings. The lowest BCUT2D eigenvalue weighted by molar-refractivity contribution is -0.713. The molecule has 15 heavy (non-hydrogen) atoms. The van der Waals surface area contributed by atoms with E-state index in [4.69, 9.17) is 0 Å². The van der Waals surface area contributed by atoms with E-state index in [-0.39, 0.29) is 0 Å². The van der Waals surface area contributed by atoms with E-state index in [9.17, 15) is 0 Å². The van der Waals surface area contributed by atoms with Gasteiger partial charge in [-0.2, -0.15) is 0 Å². The highest BCUT2D eigenvalue weighted by Crippen LogP contribution is 2.29. The van der Waals surface area contributed by atoms with Crippen molar-refractivity contribution in [3.8, 4) is 0 Å². The smallest absolute Gasteiger partial charge is 0.294 e. The maximum Gasteiger partial charge on any atom is 0.345 e. The number of aromatic nitrogens is 3. The normalized spacial score (nSPS) is 28.4. The Morgan fingerprint density at radius 1 is 1.73 bits per heavy atom. The first kappa shape index (κ1) is 10.6. The Morgan fingerprint density at radius 3 is 3.40 bits per heavy atom.